The van der Waals surface area contributed by atoms with Gasteiger partial charge in [0.15, 0.2) is 0 Å². The van der Waals surface area contributed by atoms with Crippen LogP contribution in [0, 0.1) is 23.7 Å². The van der Waals surface area contributed by atoms with Crippen molar-refractivity contribution in [2.75, 3.05) is 13.1 Å². The second kappa shape index (κ2) is 8.87. The summed E-state index contributed by atoms with van der Waals surface area (Å²) < 4.78 is 5.53. The van der Waals surface area contributed by atoms with Crippen LogP contribution in [0.4, 0.5) is 4.79 Å². The number of rotatable bonds is 3. The van der Waals surface area contributed by atoms with Gasteiger partial charge in [-0.3, -0.25) is 10.1 Å². The van der Waals surface area contributed by atoms with E-state index in [0.29, 0.717) is 30.5 Å². The summed E-state index contributed by atoms with van der Waals surface area (Å²) in [5.41, 5.74) is 1.72. The normalized spacial score (nSPS) is 26.0. The molecule has 1 N–H and O–H groups in total. The van der Waals surface area contributed by atoms with Gasteiger partial charge in [-0.1, -0.05) is 60.7 Å². The van der Waals surface area contributed by atoms with Gasteiger partial charge in [-0.25, -0.2) is 4.79 Å². The maximum absolute atomic E-state index is 13.1. The molecule has 4 unspecified atom stereocenters. The topological polar surface area (TPSA) is 62.6 Å². The summed E-state index contributed by atoms with van der Waals surface area (Å²) in [5.74, 6) is 1.58. The molecule has 1 saturated heterocycles. The Hall–Kier alpha value is -3.60. The first kappa shape index (κ1) is 20.3. The highest BCUT2D eigenvalue weighted by molar-refractivity contribution is 6.04. The van der Waals surface area contributed by atoms with Crippen LogP contribution in [-0.4, -0.2) is 29.9 Å². The summed E-state index contributed by atoms with van der Waals surface area (Å²) in [5, 5.41) is 2.58. The zero-order valence-corrected chi connectivity index (χ0v) is 17.8. The summed E-state index contributed by atoms with van der Waals surface area (Å²) in [6, 6.07) is 12.4. The Morgan fingerprint density at radius 1 is 0.938 bits per heavy atom. The number of allylic oxidation sites excluding steroid dienone is 6. The second-order valence-electron chi connectivity index (χ2n) is 8.64. The van der Waals surface area contributed by atoms with E-state index in [1.165, 1.54) is 5.57 Å². The van der Waals surface area contributed by atoms with E-state index in [0.717, 1.165) is 12.2 Å². The van der Waals surface area contributed by atoms with Crippen molar-refractivity contribution in [3.8, 4) is 0 Å². The molecule has 3 amide bonds. The van der Waals surface area contributed by atoms with Crippen LogP contribution in [0.2, 0.25) is 0 Å². The molecule has 1 aliphatic heterocycles. The number of urea groups is 1. The van der Waals surface area contributed by atoms with Gasteiger partial charge < -0.3 is 9.32 Å². The van der Waals surface area contributed by atoms with Crippen molar-refractivity contribution < 1.29 is 14.0 Å². The largest absolute Gasteiger partial charge is 0.469 e. The predicted molar refractivity (Wildman–Crippen MR) is 123 cm³/mol. The molecule has 5 heteroatoms. The number of furan rings is 1. The molecule has 4 atom stereocenters. The number of nitrogens with one attached hydrogen (secondary N) is 1. The van der Waals surface area contributed by atoms with E-state index < -0.39 is 0 Å². The van der Waals surface area contributed by atoms with Gasteiger partial charge in [0.25, 0.3) is 5.91 Å². The van der Waals surface area contributed by atoms with E-state index in [9.17, 15) is 9.59 Å². The number of likely N-dealkylation sites (tertiary alicyclic amines) is 1. The molecule has 0 spiro atoms. The van der Waals surface area contributed by atoms with E-state index in [1.54, 1.807) is 35.4 Å². The molecule has 2 aromatic rings. The van der Waals surface area contributed by atoms with E-state index in [2.05, 4.69) is 47.8 Å². The van der Waals surface area contributed by atoms with Gasteiger partial charge in [0.2, 0.25) is 0 Å². The van der Waals surface area contributed by atoms with Crippen molar-refractivity contribution in [3.63, 3.8) is 0 Å². The lowest BCUT2D eigenvalue weighted by Gasteiger charge is -2.32. The average molecular weight is 427 g/mol. The molecule has 0 bridgehead atoms. The van der Waals surface area contributed by atoms with E-state index in [-0.39, 0.29) is 23.8 Å². The summed E-state index contributed by atoms with van der Waals surface area (Å²) in [7, 11) is 0. The Kier molecular flexibility index (Phi) is 5.63. The highest BCUT2D eigenvalue weighted by Gasteiger charge is 2.39. The molecule has 5 rings (SSSR count). The Morgan fingerprint density at radius 3 is 2.50 bits per heavy atom. The Balaban J connectivity index is 1.35. The maximum Gasteiger partial charge on any atom is 0.324 e. The predicted octanol–water partition coefficient (Wildman–Crippen LogP) is 4.77. The lowest BCUT2D eigenvalue weighted by Crippen LogP contribution is -2.45. The van der Waals surface area contributed by atoms with Crippen LogP contribution >= 0.6 is 0 Å². The highest BCUT2D eigenvalue weighted by Crippen LogP contribution is 2.40. The molecule has 0 saturated carbocycles. The van der Waals surface area contributed by atoms with E-state index in [4.69, 9.17) is 4.42 Å². The van der Waals surface area contributed by atoms with Crippen LogP contribution < -0.4 is 5.32 Å². The average Bonchev–Trinajstić information content (AvgIpc) is 3.27. The summed E-state index contributed by atoms with van der Waals surface area (Å²) in [6.45, 7) is 1.16. The second-order valence-corrected chi connectivity index (χ2v) is 8.64. The first-order valence-corrected chi connectivity index (χ1v) is 11.1. The van der Waals surface area contributed by atoms with Gasteiger partial charge in [0, 0.05) is 36.9 Å². The lowest BCUT2D eigenvalue weighted by molar-refractivity contribution is 0.0950. The molecule has 5 nitrogen and oxygen atoms in total. The maximum atomic E-state index is 13.1. The first-order valence-electron chi connectivity index (χ1n) is 11.1. The Bertz CT molecular complexity index is 1100. The fraction of sp³-hybridized carbons (Fsp3) is 0.259. The minimum atomic E-state index is -0.369. The van der Waals surface area contributed by atoms with Crippen molar-refractivity contribution >= 4 is 11.9 Å². The van der Waals surface area contributed by atoms with Crippen LogP contribution in [-0.2, 0) is 6.42 Å². The number of fused-ring (bicyclic) bond motifs is 3. The van der Waals surface area contributed by atoms with Crippen molar-refractivity contribution in [3.05, 3.63) is 108 Å². The number of imide groups is 1. The van der Waals surface area contributed by atoms with Gasteiger partial charge in [-0.15, -0.1) is 0 Å². The molecule has 1 fully saturated rings. The van der Waals surface area contributed by atoms with Crippen LogP contribution in [0.25, 0.3) is 0 Å². The molecular formula is C27H26N2O3. The first-order chi connectivity index (χ1) is 15.7. The van der Waals surface area contributed by atoms with Crippen LogP contribution in [0.3, 0.4) is 0 Å². The molecular weight excluding hydrogens is 400 g/mol. The van der Waals surface area contributed by atoms with Crippen LogP contribution in [0.15, 0.2) is 101 Å². The minimum absolute atomic E-state index is 0.194. The highest BCUT2D eigenvalue weighted by atomic mass is 16.3. The number of hydrogen-bond donors (Lipinski definition) is 1. The summed E-state index contributed by atoms with van der Waals surface area (Å²) in [6.07, 6.45) is 17.8. The van der Waals surface area contributed by atoms with Gasteiger partial charge in [0.1, 0.15) is 5.76 Å². The van der Waals surface area contributed by atoms with Crippen molar-refractivity contribution in [1.29, 1.82) is 0 Å². The van der Waals surface area contributed by atoms with Gasteiger partial charge in [0.05, 0.1) is 6.26 Å². The van der Waals surface area contributed by atoms with Gasteiger partial charge in [-0.2, -0.15) is 0 Å². The smallest absolute Gasteiger partial charge is 0.324 e. The zero-order valence-electron chi connectivity index (χ0n) is 17.8. The molecule has 0 radical (unpaired) electrons. The van der Waals surface area contributed by atoms with E-state index in [1.807, 2.05) is 18.2 Å². The van der Waals surface area contributed by atoms with Crippen LogP contribution in [0.1, 0.15) is 16.1 Å². The van der Waals surface area contributed by atoms with E-state index >= 15 is 0 Å². The number of carbonyl (C=O) groups excluding carboxylic acids is 2. The summed E-state index contributed by atoms with van der Waals surface area (Å²) >= 11 is 0. The third kappa shape index (κ3) is 4.24. The number of amides is 3. The minimum Gasteiger partial charge on any atom is -0.469 e. The SMILES string of the molecule is O=C(NC(=O)N1CC2C=CC=CC2C2C=C(Cc3ccco3)C=CC2C1)c1ccccc1. The molecule has 162 valence electrons. The Labute approximate surface area is 187 Å². The molecule has 1 aromatic carbocycles. The standard InChI is InChI=1S/C27H26N2O3/c30-26(20-7-2-1-3-8-20)28-27(31)29-17-21-9-4-5-11-24(21)25-16-19(12-13-22(25)18-29)15-23-10-6-14-32-23/h1-14,16,21-22,24-25H,15,17-18H2,(H,28,30,31). The molecule has 2 heterocycles. The monoisotopic (exact) mass is 426 g/mol. The van der Waals surface area contributed by atoms with Crippen molar-refractivity contribution in [2.45, 2.75) is 6.42 Å². The fourth-order valence-electron chi connectivity index (χ4n) is 4.97. The Morgan fingerprint density at radius 2 is 1.72 bits per heavy atom. The van der Waals surface area contributed by atoms with Gasteiger partial charge >= 0.3 is 6.03 Å². The molecule has 1 aromatic heterocycles. The molecule has 32 heavy (non-hydrogen) atoms. The number of nitrogens with zero attached hydrogens (tertiary/aromatic N) is 1. The van der Waals surface area contributed by atoms with Crippen molar-refractivity contribution in [2.24, 2.45) is 23.7 Å². The number of benzene rings is 1. The van der Waals surface area contributed by atoms with Crippen LogP contribution in [0.5, 0.6) is 0 Å². The van der Waals surface area contributed by atoms with Crippen molar-refractivity contribution in [1.82, 2.24) is 10.2 Å². The number of hydrogen-bond acceptors (Lipinski definition) is 3. The summed E-state index contributed by atoms with van der Waals surface area (Å²) in [4.78, 5) is 27.4. The molecule has 2 aliphatic carbocycles. The fourth-order valence-corrected chi connectivity index (χ4v) is 4.97. The van der Waals surface area contributed by atoms with Gasteiger partial charge in [-0.05, 0) is 41.7 Å². The quantitative estimate of drug-likeness (QED) is 0.769. The lowest BCUT2D eigenvalue weighted by atomic mass is 9.71. The number of carbonyl (C=O) groups is 2. The third-order valence-corrected chi connectivity index (χ3v) is 6.56. The third-order valence-electron chi connectivity index (χ3n) is 6.56. The zero-order chi connectivity index (χ0) is 21.9. The molecule has 3 aliphatic rings.